The van der Waals surface area contributed by atoms with Crippen LogP contribution in [0.2, 0.25) is 0 Å². The molecule has 1 amide bonds. The standard InChI is InChI=1S/C23H29N5O6S/c1-23(2,3)34-22(30)27-10-8-26(9-11-27)17-7-6-16(35(5,31)32)12-18(17)28-14-15(13-24)19(25)20(28)21(29)33-4/h6-7,12,14H,8-11,25H2,1-5H3. The molecule has 1 aliphatic rings. The molecule has 3 rings (SSSR count). The van der Waals surface area contributed by atoms with E-state index in [0.29, 0.717) is 37.6 Å². The molecule has 1 aromatic heterocycles. The number of benzene rings is 1. The lowest BCUT2D eigenvalue weighted by Gasteiger charge is -2.37. The number of nitrogens with two attached hydrogens (primary N) is 1. The Morgan fingerprint density at radius 1 is 1.11 bits per heavy atom. The van der Waals surface area contributed by atoms with Gasteiger partial charge in [0.15, 0.2) is 15.5 Å². The van der Waals surface area contributed by atoms with E-state index in [1.165, 1.54) is 30.0 Å². The zero-order valence-electron chi connectivity index (χ0n) is 20.4. The number of anilines is 2. The van der Waals surface area contributed by atoms with Gasteiger partial charge in [0, 0.05) is 38.6 Å². The molecule has 2 heterocycles. The number of piperazine rings is 1. The minimum Gasteiger partial charge on any atom is -0.464 e. The summed E-state index contributed by atoms with van der Waals surface area (Å²) in [7, 11) is -2.39. The van der Waals surface area contributed by atoms with Crippen LogP contribution >= 0.6 is 0 Å². The number of nitrogen functional groups attached to an aromatic ring is 1. The van der Waals surface area contributed by atoms with Crippen molar-refractivity contribution < 1.29 is 27.5 Å². The largest absolute Gasteiger partial charge is 0.464 e. The molecule has 11 nitrogen and oxygen atoms in total. The van der Waals surface area contributed by atoms with Gasteiger partial charge in [0.1, 0.15) is 11.7 Å². The Morgan fingerprint density at radius 2 is 1.74 bits per heavy atom. The topological polar surface area (TPSA) is 148 Å². The molecule has 0 unspecified atom stereocenters. The fraction of sp³-hybridized carbons (Fsp3) is 0.435. The second kappa shape index (κ2) is 9.50. The molecular weight excluding hydrogens is 474 g/mol. The summed E-state index contributed by atoms with van der Waals surface area (Å²) in [5.74, 6) is -0.769. The first kappa shape index (κ1) is 25.9. The molecule has 2 aromatic rings. The summed E-state index contributed by atoms with van der Waals surface area (Å²) in [5.41, 5.74) is 6.29. The van der Waals surface area contributed by atoms with Crippen LogP contribution in [0.4, 0.5) is 16.2 Å². The predicted octanol–water partition coefficient (Wildman–Crippen LogP) is 2.18. The van der Waals surface area contributed by atoms with E-state index in [4.69, 9.17) is 15.2 Å². The van der Waals surface area contributed by atoms with Gasteiger partial charge in [-0.2, -0.15) is 5.26 Å². The number of carbonyl (C=O) groups is 2. The van der Waals surface area contributed by atoms with Gasteiger partial charge in [0.25, 0.3) is 0 Å². The van der Waals surface area contributed by atoms with Crippen molar-refractivity contribution in [2.45, 2.75) is 31.3 Å². The van der Waals surface area contributed by atoms with Crippen LogP contribution in [0.15, 0.2) is 29.3 Å². The Hall–Kier alpha value is -3.72. The third-order valence-corrected chi connectivity index (χ3v) is 6.56. The first-order valence-electron chi connectivity index (χ1n) is 10.8. The van der Waals surface area contributed by atoms with Crippen molar-refractivity contribution in [3.05, 3.63) is 35.7 Å². The molecular formula is C23H29N5O6S. The van der Waals surface area contributed by atoms with Gasteiger partial charge in [0.2, 0.25) is 0 Å². The molecule has 12 heteroatoms. The number of aromatic nitrogens is 1. The van der Waals surface area contributed by atoms with E-state index in [9.17, 15) is 23.3 Å². The third kappa shape index (κ3) is 5.51. The number of methoxy groups -OCH3 is 1. The lowest BCUT2D eigenvalue weighted by atomic mass is 10.2. The van der Waals surface area contributed by atoms with E-state index in [2.05, 4.69) is 0 Å². The number of hydrogen-bond donors (Lipinski definition) is 1. The number of nitriles is 1. The number of rotatable bonds is 4. The number of amides is 1. The van der Waals surface area contributed by atoms with E-state index >= 15 is 0 Å². The summed E-state index contributed by atoms with van der Waals surface area (Å²) >= 11 is 0. The minimum absolute atomic E-state index is 0.0326. The quantitative estimate of drug-likeness (QED) is 0.620. The third-order valence-electron chi connectivity index (χ3n) is 5.45. The molecule has 0 spiro atoms. The average Bonchev–Trinajstić information content (AvgIpc) is 3.12. The van der Waals surface area contributed by atoms with Crippen LogP contribution in [0.1, 0.15) is 36.8 Å². The van der Waals surface area contributed by atoms with Crippen molar-refractivity contribution >= 4 is 33.3 Å². The fourth-order valence-corrected chi connectivity index (χ4v) is 4.40. The van der Waals surface area contributed by atoms with Gasteiger partial charge in [0.05, 0.1) is 34.6 Å². The summed E-state index contributed by atoms with van der Waals surface area (Å²) in [6, 6.07) is 6.48. The van der Waals surface area contributed by atoms with Gasteiger partial charge in [-0.15, -0.1) is 0 Å². The van der Waals surface area contributed by atoms with Crippen LogP contribution < -0.4 is 10.6 Å². The van der Waals surface area contributed by atoms with Gasteiger partial charge < -0.3 is 29.6 Å². The molecule has 0 bridgehead atoms. The molecule has 0 radical (unpaired) electrons. The predicted molar refractivity (Wildman–Crippen MR) is 129 cm³/mol. The number of carbonyl (C=O) groups excluding carboxylic acids is 2. The molecule has 1 saturated heterocycles. The molecule has 35 heavy (non-hydrogen) atoms. The second-order valence-electron chi connectivity index (χ2n) is 9.16. The molecule has 1 aliphatic heterocycles. The maximum atomic E-state index is 12.5. The van der Waals surface area contributed by atoms with E-state index in [1.54, 1.807) is 31.7 Å². The fourth-order valence-electron chi connectivity index (χ4n) is 3.76. The van der Waals surface area contributed by atoms with E-state index in [1.807, 2.05) is 11.0 Å². The van der Waals surface area contributed by atoms with Gasteiger partial charge in [-0.3, -0.25) is 0 Å². The number of esters is 1. The van der Waals surface area contributed by atoms with Crippen molar-refractivity contribution in [3.63, 3.8) is 0 Å². The van der Waals surface area contributed by atoms with Gasteiger partial charge in [-0.05, 0) is 39.0 Å². The highest BCUT2D eigenvalue weighted by molar-refractivity contribution is 7.90. The van der Waals surface area contributed by atoms with E-state index in [-0.39, 0.29) is 21.8 Å². The SMILES string of the molecule is COC(=O)c1c(N)c(C#N)cn1-c1cc(S(C)(=O)=O)ccc1N1CCN(C(=O)OC(C)(C)C)CC1. The Kier molecular flexibility index (Phi) is 7.03. The lowest BCUT2D eigenvalue weighted by molar-refractivity contribution is 0.0240. The maximum absolute atomic E-state index is 12.5. The maximum Gasteiger partial charge on any atom is 0.410 e. The van der Waals surface area contributed by atoms with Crippen molar-refractivity contribution in [2.75, 3.05) is 50.2 Å². The molecule has 1 aromatic carbocycles. The summed E-state index contributed by atoms with van der Waals surface area (Å²) in [5, 5.41) is 9.47. The average molecular weight is 504 g/mol. The van der Waals surface area contributed by atoms with Crippen molar-refractivity contribution in [3.8, 4) is 11.8 Å². The Balaban J connectivity index is 2.06. The van der Waals surface area contributed by atoms with Gasteiger partial charge >= 0.3 is 12.1 Å². The van der Waals surface area contributed by atoms with Crippen LogP contribution in [-0.2, 0) is 19.3 Å². The monoisotopic (exact) mass is 503 g/mol. The van der Waals surface area contributed by atoms with Gasteiger partial charge in [-0.25, -0.2) is 18.0 Å². The Bertz CT molecular complexity index is 1290. The molecule has 188 valence electrons. The number of hydrogen-bond acceptors (Lipinski definition) is 9. The van der Waals surface area contributed by atoms with Crippen LogP contribution in [0.5, 0.6) is 0 Å². The second-order valence-corrected chi connectivity index (χ2v) is 11.2. The van der Waals surface area contributed by atoms with E-state index in [0.717, 1.165) is 6.26 Å². The normalized spacial score (nSPS) is 14.4. The number of ether oxygens (including phenoxy) is 2. The summed E-state index contributed by atoms with van der Waals surface area (Å²) < 4.78 is 36.3. The summed E-state index contributed by atoms with van der Waals surface area (Å²) in [6.07, 6.45) is 2.05. The number of nitrogens with zero attached hydrogens (tertiary/aromatic N) is 4. The minimum atomic E-state index is -3.58. The zero-order valence-corrected chi connectivity index (χ0v) is 21.2. The first-order chi connectivity index (χ1) is 16.3. The number of sulfone groups is 1. The molecule has 0 aliphatic carbocycles. The summed E-state index contributed by atoms with van der Waals surface area (Å²) in [4.78, 5) is 28.6. The highest BCUT2D eigenvalue weighted by Crippen LogP contribution is 2.33. The molecule has 0 atom stereocenters. The van der Waals surface area contributed by atoms with Crippen LogP contribution in [0.3, 0.4) is 0 Å². The van der Waals surface area contributed by atoms with Crippen LogP contribution in [0, 0.1) is 11.3 Å². The highest BCUT2D eigenvalue weighted by Gasteiger charge is 2.29. The summed E-state index contributed by atoms with van der Waals surface area (Å²) in [6.45, 7) is 7.02. The smallest absolute Gasteiger partial charge is 0.410 e. The lowest BCUT2D eigenvalue weighted by Crippen LogP contribution is -2.50. The first-order valence-corrected chi connectivity index (χ1v) is 12.7. The Morgan fingerprint density at radius 3 is 2.26 bits per heavy atom. The van der Waals surface area contributed by atoms with Gasteiger partial charge in [-0.1, -0.05) is 0 Å². The molecule has 2 N–H and O–H groups in total. The molecule has 0 saturated carbocycles. The highest BCUT2D eigenvalue weighted by atomic mass is 32.2. The Labute approximate surface area is 204 Å². The van der Waals surface area contributed by atoms with Crippen molar-refractivity contribution in [2.24, 2.45) is 0 Å². The van der Waals surface area contributed by atoms with Crippen LogP contribution in [-0.4, -0.2) is 75.1 Å². The van der Waals surface area contributed by atoms with Crippen molar-refractivity contribution in [1.29, 1.82) is 5.26 Å². The van der Waals surface area contributed by atoms with Crippen molar-refractivity contribution in [1.82, 2.24) is 9.47 Å². The molecule has 1 fully saturated rings. The zero-order chi connectivity index (χ0) is 26.1. The van der Waals surface area contributed by atoms with E-state index < -0.39 is 27.5 Å². The van der Waals surface area contributed by atoms with Crippen LogP contribution in [0.25, 0.3) is 5.69 Å².